The van der Waals surface area contributed by atoms with Crippen molar-refractivity contribution in [1.82, 2.24) is 15.1 Å². The van der Waals surface area contributed by atoms with Crippen LogP contribution in [0.2, 0.25) is 0 Å². The number of aromatic nitrogens is 2. The molecule has 1 aromatic heterocycles. The molecule has 4 rings (SSSR count). The van der Waals surface area contributed by atoms with Crippen LogP contribution in [0.4, 0.5) is 5.69 Å². The number of rotatable bonds is 3. The SMILES string of the molecule is Cc1c(C(=O)Nc2ccc3c(c2)CNCC3)cnn1-c1ccccc1. The molecule has 5 nitrogen and oxygen atoms in total. The van der Waals surface area contributed by atoms with Gasteiger partial charge in [-0.05, 0) is 55.3 Å². The van der Waals surface area contributed by atoms with Gasteiger partial charge >= 0.3 is 0 Å². The van der Waals surface area contributed by atoms with E-state index < -0.39 is 0 Å². The zero-order chi connectivity index (χ0) is 17.2. The van der Waals surface area contributed by atoms with Gasteiger partial charge < -0.3 is 10.6 Å². The average molecular weight is 332 g/mol. The highest BCUT2D eigenvalue weighted by Crippen LogP contribution is 2.20. The van der Waals surface area contributed by atoms with Crippen LogP contribution in [0.5, 0.6) is 0 Å². The maximum absolute atomic E-state index is 12.7. The highest BCUT2D eigenvalue weighted by molar-refractivity contribution is 6.05. The highest BCUT2D eigenvalue weighted by atomic mass is 16.1. The van der Waals surface area contributed by atoms with Crippen LogP contribution < -0.4 is 10.6 Å². The predicted molar refractivity (Wildman–Crippen MR) is 98.1 cm³/mol. The van der Waals surface area contributed by atoms with Crippen molar-refractivity contribution in [3.05, 3.63) is 77.1 Å². The topological polar surface area (TPSA) is 59.0 Å². The number of hydrogen-bond acceptors (Lipinski definition) is 3. The van der Waals surface area contributed by atoms with Crippen LogP contribution in [0.25, 0.3) is 5.69 Å². The Kier molecular flexibility index (Phi) is 4.07. The highest BCUT2D eigenvalue weighted by Gasteiger charge is 2.16. The fraction of sp³-hybridized carbons (Fsp3) is 0.200. The summed E-state index contributed by atoms with van der Waals surface area (Å²) in [5.41, 5.74) is 5.77. The molecule has 3 aromatic rings. The normalized spacial score (nSPS) is 13.3. The minimum Gasteiger partial charge on any atom is -0.322 e. The predicted octanol–water partition coefficient (Wildman–Crippen LogP) is 3.08. The molecule has 0 saturated carbocycles. The largest absolute Gasteiger partial charge is 0.322 e. The molecule has 0 bridgehead atoms. The van der Waals surface area contributed by atoms with Crippen LogP contribution >= 0.6 is 0 Å². The van der Waals surface area contributed by atoms with Crippen LogP contribution in [0.3, 0.4) is 0 Å². The van der Waals surface area contributed by atoms with Crippen LogP contribution in [-0.4, -0.2) is 22.2 Å². The minimum absolute atomic E-state index is 0.136. The van der Waals surface area contributed by atoms with Gasteiger partial charge in [0.25, 0.3) is 5.91 Å². The fourth-order valence-electron chi connectivity index (χ4n) is 3.22. The monoisotopic (exact) mass is 332 g/mol. The Bertz CT molecular complexity index is 915. The summed E-state index contributed by atoms with van der Waals surface area (Å²) >= 11 is 0. The number of carbonyl (C=O) groups is 1. The Labute approximate surface area is 146 Å². The minimum atomic E-state index is -0.136. The molecule has 5 heteroatoms. The van der Waals surface area contributed by atoms with Crippen molar-refractivity contribution in [3.8, 4) is 5.69 Å². The van der Waals surface area contributed by atoms with Crippen molar-refractivity contribution in [1.29, 1.82) is 0 Å². The average Bonchev–Trinajstić information content (AvgIpc) is 3.04. The van der Waals surface area contributed by atoms with E-state index in [2.05, 4.69) is 27.9 Å². The molecule has 0 saturated heterocycles. The second kappa shape index (κ2) is 6.53. The van der Waals surface area contributed by atoms with Crippen molar-refractivity contribution < 1.29 is 4.79 Å². The van der Waals surface area contributed by atoms with Gasteiger partial charge in [-0.1, -0.05) is 24.3 Å². The smallest absolute Gasteiger partial charge is 0.259 e. The molecular formula is C20H20N4O. The summed E-state index contributed by atoms with van der Waals surface area (Å²) in [5.74, 6) is -0.136. The number of carbonyl (C=O) groups excluding carboxylic acids is 1. The van der Waals surface area contributed by atoms with Crippen molar-refractivity contribution in [2.45, 2.75) is 19.9 Å². The lowest BCUT2D eigenvalue weighted by Crippen LogP contribution is -2.23. The molecular weight excluding hydrogens is 312 g/mol. The first-order chi connectivity index (χ1) is 12.2. The number of fused-ring (bicyclic) bond motifs is 1. The van der Waals surface area contributed by atoms with Gasteiger partial charge in [-0.25, -0.2) is 4.68 Å². The number of amides is 1. The molecule has 2 heterocycles. The van der Waals surface area contributed by atoms with Gasteiger partial charge in [0.1, 0.15) is 0 Å². The number of benzene rings is 2. The Morgan fingerprint density at radius 3 is 2.84 bits per heavy atom. The van der Waals surface area contributed by atoms with Gasteiger partial charge in [0.2, 0.25) is 0 Å². The molecule has 1 aliphatic heterocycles. The maximum atomic E-state index is 12.7. The Morgan fingerprint density at radius 1 is 1.16 bits per heavy atom. The molecule has 25 heavy (non-hydrogen) atoms. The summed E-state index contributed by atoms with van der Waals surface area (Å²) in [5, 5.41) is 10.7. The van der Waals surface area contributed by atoms with Gasteiger partial charge in [-0.3, -0.25) is 4.79 Å². The molecule has 126 valence electrons. The summed E-state index contributed by atoms with van der Waals surface area (Å²) in [4.78, 5) is 12.7. The van der Waals surface area contributed by atoms with Crippen molar-refractivity contribution >= 4 is 11.6 Å². The second-order valence-corrected chi connectivity index (χ2v) is 6.26. The molecule has 0 unspecified atom stereocenters. The van der Waals surface area contributed by atoms with Crippen molar-refractivity contribution in [3.63, 3.8) is 0 Å². The van der Waals surface area contributed by atoms with Crippen molar-refractivity contribution in [2.24, 2.45) is 0 Å². The van der Waals surface area contributed by atoms with Gasteiger partial charge in [0.15, 0.2) is 0 Å². The Balaban J connectivity index is 1.57. The summed E-state index contributed by atoms with van der Waals surface area (Å²) in [7, 11) is 0. The maximum Gasteiger partial charge on any atom is 0.259 e. The molecule has 0 atom stereocenters. The molecule has 0 radical (unpaired) electrons. The molecule has 1 amide bonds. The van der Waals surface area contributed by atoms with E-state index in [0.717, 1.165) is 36.6 Å². The molecule has 2 N–H and O–H groups in total. The number of para-hydroxylation sites is 1. The lowest BCUT2D eigenvalue weighted by molar-refractivity contribution is 0.102. The van der Waals surface area contributed by atoms with Crippen LogP contribution in [0.15, 0.2) is 54.7 Å². The first kappa shape index (κ1) is 15.6. The fourth-order valence-corrected chi connectivity index (χ4v) is 3.22. The third-order valence-electron chi connectivity index (χ3n) is 4.61. The molecule has 2 aromatic carbocycles. The van der Waals surface area contributed by atoms with Gasteiger partial charge in [0, 0.05) is 12.2 Å². The summed E-state index contributed by atoms with van der Waals surface area (Å²) in [6, 6.07) is 15.9. The summed E-state index contributed by atoms with van der Waals surface area (Å²) in [6.45, 7) is 3.77. The van der Waals surface area contributed by atoms with E-state index >= 15 is 0 Å². The molecule has 0 spiro atoms. The zero-order valence-electron chi connectivity index (χ0n) is 14.1. The number of anilines is 1. The number of hydrogen-bond donors (Lipinski definition) is 2. The Morgan fingerprint density at radius 2 is 2.00 bits per heavy atom. The van der Waals surface area contributed by atoms with Gasteiger partial charge in [-0.15, -0.1) is 0 Å². The molecule has 0 fully saturated rings. The van der Waals surface area contributed by atoms with E-state index in [-0.39, 0.29) is 5.91 Å². The van der Waals surface area contributed by atoms with E-state index in [9.17, 15) is 4.79 Å². The second-order valence-electron chi connectivity index (χ2n) is 6.26. The standard InChI is InChI=1S/C20H20N4O/c1-14-19(13-22-24(14)18-5-3-2-4-6-18)20(25)23-17-8-7-15-9-10-21-12-16(15)11-17/h2-8,11,13,21H,9-10,12H2,1H3,(H,23,25). The third-order valence-corrected chi connectivity index (χ3v) is 4.61. The summed E-state index contributed by atoms with van der Waals surface area (Å²) < 4.78 is 1.78. The van der Waals surface area contributed by atoms with Crippen LogP contribution in [-0.2, 0) is 13.0 Å². The van der Waals surface area contributed by atoms with Gasteiger partial charge in [0.05, 0.1) is 23.1 Å². The van der Waals surface area contributed by atoms with E-state index in [4.69, 9.17) is 0 Å². The first-order valence-corrected chi connectivity index (χ1v) is 8.46. The number of nitrogens with zero attached hydrogens (tertiary/aromatic N) is 2. The lowest BCUT2D eigenvalue weighted by Gasteiger charge is -2.18. The lowest BCUT2D eigenvalue weighted by atomic mass is 10.0. The van der Waals surface area contributed by atoms with E-state index in [0.29, 0.717) is 5.56 Å². The third kappa shape index (κ3) is 3.06. The van der Waals surface area contributed by atoms with Gasteiger partial charge in [-0.2, -0.15) is 5.10 Å². The van der Waals surface area contributed by atoms with E-state index in [1.54, 1.807) is 10.9 Å². The first-order valence-electron chi connectivity index (χ1n) is 8.46. The molecule has 1 aliphatic rings. The number of nitrogens with one attached hydrogen (secondary N) is 2. The quantitative estimate of drug-likeness (QED) is 0.775. The van der Waals surface area contributed by atoms with E-state index in [1.165, 1.54) is 11.1 Å². The van der Waals surface area contributed by atoms with Crippen LogP contribution in [0.1, 0.15) is 27.2 Å². The Hall–Kier alpha value is -2.92. The summed E-state index contributed by atoms with van der Waals surface area (Å²) in [6.07, 6.45) is 2.66. The molecule has 0 aliphatic carbocycles. The van der Waals surface area contributed by atoms with Crippen LogP contribution in [0, 0.1) is 6.92 Å². The zero-order valence-corrected chi connectivity index (χ0v) is 14.1. The van der Waals surface area contributed by atoms with E-state index in [1.807, 2.05) is 43.3 Å². The van der Waals surface area contributed by atoms with Crippen molar-refractivity contribution in [2.75, 3.05) is 11.9 Å².